The van der Waals surface area contributed by atoms with Gasteiger partial charge >= 0.3 is 0 Å². The fourth-order valence-corrected chi connectivity index (χ4v) is 5.56. The Hall–Kier alpha value is -2.76. The van der Waals surface area contributed by atoms with Crippen LogP contribution in [0.5, 0.6) is 11.5 Å². The molecule has 4 rings (SSSR count). The quantitative estimate of drug-likeness (QED) is 0.480. The number of carbonyl (C=O) groups is 1. The van der Waals surface area contributed by atoms with Gasteiger partial charge in [-0.15, -0.1) is 0 Å². The molecule has 1 saturated carbocycles. The maximum atomic E-state index is 11.8. The number of anilines is 1. The molecule has 0 unspecified atom stereocenters. The third-order valence-corrected chi connectivity index (χ3v) is 6.91. The fourth-order valence-electron chi connectivity index (χ4n) is 3.77. The summed E-state index contributed by atoms with van der Waals surface area (Å²) in [6.45, 7) is 0. The molecule has 0 aliphatic heterocycles. The number of sulfonamides is 1. The van der Waals surface area contributed by atoms with E-state index in [-0.39, 0.29) is 23.7 Å². The zero-order chi connectivity index (χ0) is 22.7. The zero-order valence-corrected chi connectivity index (χ0v) is 19.4. The van der Waals surface area contributed by atoms with Crippen molar-refractivity contribution in [2.75, 3.05) is 18.6 Å². The summed E-state index contributed by atoms with van der Waals surface area (Å²) in [4.78, 5) is 20.5. The number of benzene rings is 1. The van der Waals surface area contributed by atoms with Gasteiger partial charge in [-0.3, -0.25) is 9.78 Å². The van der Waals surface area contributed by atoms with Gasteiger partial charge in [0.1, 0.15) is 17.2 Å². The van der Waals surface area contributed by atoms with Crippen LogP contribution in [0.3, 0.4) is 0 Å². The SMILES string of the molecule is CNC(=O)c1cc(Oc2ccc3nc(N[C@H]4CCCC[C@H]4NS(C)(=O)=O)sc3c2)ccn1. The van der Waals surface area contributed by atoms with Gasteiger partial charge in [-0.2, -0.15) is 0 Å². The molecule has 1 amide bonds. The number of nitrogens with one attached hydrogen (secondary N) is 3. The largest absolute Gasteiger partial charge is 0.457 e. The topological polar surface area (TPSA) is 122 Å². The van der Waals surface area contributed by atoms with Gasteiger partial charge in [0.15, 0.2) is 5.13 Å². The van der Waals surface area contributed by atoms with Crippen molar-refractivity contribution in [1.82, 2.24) is 20.0 Å². The third kappa shape index (κ3) is 5.53. The summed E-state index contributed by atoms with van der Waals surface area (Å²) in [6, 6.07) is 8.71. The highest BCUT2D eigenvalue weighted by Gasteiger charge is 2.28. The van der Waals surface area contributed by atoms with Crippen molar-refractivity contribution in [3.63, 3.8) is 0 Å². The van der Waals surface area contributed by atoms with Crippen LogP contribution < -0.4 is 20.1 Å². The van der Waals surface area contributed by atoms with E-state index < -0.39 is 10.0 Å². The Morgan fingerprint density at radius 1 is 1.12 bits per heavy atom. The second-order valence-electron chi connectivity index (χ2n) is 7.74. The van der Waals surface area contributed by atoms with Crippen molar-refractivity contribution < 1.29 is 17.9 Å². The number of fused-ring (bicyclic) bond motifs is 1. The van der Waals surface area contributed by atoms with E-state index in [0.29, 0.717) is 11.5 Å². The van der Waals surface area contributed by atoms with Gasteiger partial charge in [-0.1, -0.05) is 24.2 Å². The Balaban J connectivity index is 1.50. The van der Waals surface area contributed by atoms with Gasteiger partial charge < -0.3 is 15.4 Å². The summed E-state index contributed by atoms with van der Waals surface area (Å²) in [6.07, 6.45) is 6.45. The molecule has 0 bridgehead atoms. The molecule has 0 radical (unpaired) electrons. The lowest BCUT2D eigenvalue weighted by Crippen LogP contribution is -2.48. The Labute approximate surface area is 190 Å². The molecule has 9 nitrogen and oxygen atoms in total. The lowest BCUT2D eigenvalue weighted by atomic mass is 9.91. The monoisotopic (exact) mass is 475 g/mol. The van der Waals surface area contributed by atoms with E-state index in [1.54, 1.807) is 19.2 Å². The highest BCUT2D eigenvalue weighted by atomic mass is 32.2. The number of hydrogen-bond acceptors (Lipinski definition) is 8. The van der Waals surface area contributed by atoms with Crippen molar-refractivity contribution in [3.8, 4) is 11.5 Å². The van der Waals surface area contributed by atoms with Crippen molar-refractivity contribution in [2.45, 2.75) is 37.8 Å². The molecule has 3 N–H and O–H groups in total. The highest BCUT2D eigenvalue weighted by molar-refractivity contribution is 7.88. The van der Waals surface area contributed by atoms with Crippen molar-refractivity contribution in [3.05, 3.63) is 42.2 Å². The summed E-state index contributed by atoms with van der Waals surface area (Å²) in [5.74, 6) is 0.851. The molecular formula is C21H25N5O4S2. The molecule has 1 fully saturated rings. The Morgan fingerprint density at radius 3 is 2.62 bits per heavy atom. The molecule has 3 aromatic rings. The first-order valence-corrected chi connectivity index (χ1v) is 13.0. The highest BCUT2D eigenvalue weighted by Crippen LogP contribution is 2.33. The average molecular weight is 476 g/mol. The minimum Gasteiger partial charge on any atom is -0.457 e. The molecule has 1 aliphatic rings. The molecule has 1 aliphatic carbocycles. The number of thiazole rings is 1. The van der Waals surface area contributed by atoms with Crippen LogP contribution in [-0.2, 0) is 10.0 Å². The van der Waals surface area contributed by atoms with E-state index in [4.69, 9.17) is 4.74 Å². The molecule has 11 heteroatoms. The maximum absolute atomic E-state index is 11.8. The molecule has 170 valence electrons. The van der Waals surface area contributed by atoms with Gasteiger partial charge in [0, 0.05) is 37.5 Å². The summed E-state index contributed by atoms with van der Waals surface area (Å²) < 4.78 is 33.0. The van der Waals surface area contributed by atoms with Gasteiger partial charge in [0.2, 0.25) is 10.0 Å². The van der Waals surface area contributed by atoms with E-state index in [1.165, 1.54) is 23.8 Å². The third-order valence-electron chi connectivity index (χ3n) is 5.23. The lowest BCUT2D eigenvalue weighted by molar-refractivity contribution is 0.0958. The zero-order valence-electron chi connectivity index (χ0n) is 17.8. The summed E-state index contributed by atoms with van der Waals surface area (Å²) in [5.41, 5.74) is 1.11. The first-order valence-electron chi connectivity index (χ1n) is 10.3. The smallest absolute Gasteiger partial charge is 0.269 e. The summed E-state index contributed by atoms with van der Waals surface area (Å²) in [5, 5.41) is 6.71. The Morgan fingerprint density at radius 2 is 1.88 bits per heavy atom. The number of nitrogens with zero attached hydrogens (tertiary/aromatic N) is 2. The van der Waals surface area contributed by atoms with Crippen LogP contribution in [0.25, 0.3) is 10.2 Å². The molecular weight excluding hydrogens is 450 g/mol. The van der Waals surface area contributed by atoms with E-state index >= 15 is 0 Å². The molecule has 2 aromatic heterocycles. The maximum Gasteiger partial charge on any atom is 0.269 e. The van der Waals surface area contributed by atoms with Crippen LogP contribution in [-0.4, -0.2) is 49.7 Å². The second kappa shape index (κ2) is 9.39. The van der Waals surface area contributed by atoms with Crippen molar-refractivity contribution in [2.24, 2.45) is 0 Å². The molecule has 0 saturated heterocycles. The van der Waals surface area contributed by atoms with E-state index in [2.05, 4.69) is 25.3 Å². The fraction of sp³-hybridized carbons (Fsp3) is 0.381. The lowest BCUT2D eigenvalue weighted by Gasteiger charge is -2.32. The number of amides is 1. The van der Waals surface area contributed by atoms with Crippen LogP contribution in [0.15, 0.2) is 36.5 Å². The minimum atomic E-state index is -3.27. The van der Waals surface area contributed by atoms with Crippen LogP contribution in [0, 0.1) is 0 Å². The first kappa shape index (κ1) is 22.4. The van der Waals surface area contributed by atoms with Gasteiger partial charge in [0.25, 0.3) is 5.91 Å². The van der Waals surface area contributed by atoms with Gasteiger partial charge in [0.05, 0.1) is 16.5 Å². The van der Waals surface area contributed by atoms with Gasteiger partial charge in [-0.25, -0.2) is 18.1 Å². The van der Waals surface area contributed by atoms with Crippen LogP contribution in [0.1, 0.15) is 36.2 Å². The van der Waals surface area contributed by atoms with Gasteiger partial charge in [-0.05, 0) is 31.0 Å². The van der Waals surface area contributed by atoms with Crippen molar-refractivity contribution in [1.29, 1.82) is 0 Å². The summed E-state index contributed by atoms with van der Waals surface area (Å²) in [7, 11) is -1.72. The van der Waals surface area contributed by atoms with E-state index in [0.717, 1.165) is 41.0 Å². The predicted molar refractivity (Wildman–Crippen MR) is 125 cm³/mol. The van der Waals surface area contributed by atoms with Crippen LogP contribution in [0.2, 0.25) is 0 Å². The van der Waals surface area contributed by atoms with Crippen LogP contribution in [0.4, 0.5) is 5.13 Å². The number of ether oxygens (including phenoxy) is 1. The number of pyridine rings is 1. The van der Waals surface area contributed by atoms with E-state index in [9.17, 15) is 13.2 Å². The second-order valence-corrected chi connectivity index (χ2v) is 10.5. The average Bonchev–Trinajstić information content (AvgIpc) is 3.15. The van der Waals surface area contributed by atoms with Crippen LogP contribution >= 0.6 is 11.3 Å². The normalized spacial score (nSPS) is 18.9. The molecule has 32 heavy (non-hydrogen) atoms. The number of aromatic nitrogens is 2. The first-order chi connectivity index (χ1) is 15.3. The van der Waals surface area contributed by atoms with Crippen molar-refractivity contribution >= 4 is 42.6 Å². The molecule has 0 spiro atoms. The molecule has 2 atom stereocenters. The number of rotatable bonds is 7. The number of carbonyl (C=O) groups excluding carboxylic acids is 1. The minimum absolute atomic E-state index is 0.00490. The molecule has 1 aromatic carbocycles. The van der Waals surface area contributed by atoms with E-state index in [1.807, 2.05) is 18.2 Å². The number of hydrogen-bond donors (Lipinski definition) is 3. The Bertz CT molecular complexity index is 1230. The standard InChI is InChI=1S/C21H25N5O4S2/c1-22-20(27)18-11-14(9-10-23-18)30-13-7-8-17-19(12-13)31-21(25-17)24-15-5-3-4-6-16(15)26-32(2,28)29/h7-12,15-16,26H,3-6H2,1-2H3,(H,22,27)(H,24,25)/t15-,16+/m0/s1. The molecule has 2 heterocycles. The predicted octanol–water partition coefficient (Wildman–Crippen LogP) is 3.12. The Kier molecular flexibility index (Phi) is 6.58. The summed E-state index contributed by atoms with van der Waals surface area (Å²) >= 11 is 1.49.